The van der Waals surface area contributed by atoms with Gasteiger partial charge < -0.3 is 4.57 Å². The molecule has 2 aromatic heterocycles. The average Bonchev–Trinajstić information content (AvgIpc) is 3.00. The predicted molar refractivity (Wildman–Crippen MR) is 84.1 cm³/mol. The molecule has 0 N–H and O–H groups in total. The van der Waals surface area contributed by atoms with Crippen molar-refractivity contribution in [3.63, 3.8) is 0 Å². The predicted octanol–water partition coefficient (Wildman–Crippen LogP) is 3.68. The van der Waals surface area contributed by atoms with Gasteiger partial charge in [-0.05, 0) is 19.9 Å². The highest BCUT2D eigenvalue weighted by molar-refractivity contribution is 6.31. The summed E-state index contributed by atoms with van der Waals surface area (Å²) in [5.41, 5.74) is 3.52. The summed E-state index contributed by atoms with van der Waals surface area (Å²) in [5, 5.41) is 6.09. The fraction of sp³-hybridized carbons (Fsp3) is 0.250. The molecule has 0 bridgehead atoms. The fourth-order valence-corrected chi connectivity index (χ4v) is 2.88. The monoisotopic (exact) mass is 301 g/mol. The maximum absolute atomic E-state index is 11.2. The Hall–Kier alpha value is -2.07. The molecule has 0 fully saturated rings. The van der Waals surface area contributed by atoms with Gasteiger partial charge in [-0.2, -0.15) is 5.10 Å². The van der Waals surface area contributed by atoms with Crippen LogP contribution in [0.1, 0.15) is 28.7 Å². The number of nitrogens with zero attached hydrogens (tertiary/aromatic N) is 3. The Labute approximate surface area is 127 Å². The topological polar surface area (TPSA) is 39.8 Å². The second-order valence-electron chi connectivity index (χ2n) is 5.01. The van der Waals surface area contributed by atoms with Crippen LogP contribution in [0.15, 0.2) is 30.5 Å². The molecule has 3 rings (SSSR count). The van der Waals surface area contributed by atoms with Gasteiger partial charge in [-0.15, -0.1) is 0 Å². The number of aryl methyl sites for hydroxylation is 2. The number of hydrogen-bond acceptors (Lipinski definition) is 2. The van der Waals surface area contributed by atoms with Gasteiger partial charge in [-0.1, -0.05) is 29.8 Å². The van der Waals surface area contributed by atoms with Crippen molar-refractivity contribution in [2.45, 2.75) is 26.9 Å². The third-order valence-corrected chi connectivity index (χ3v) is 4.21. The highest BCUT2D eigenvalue weighted by Crippen LogP contribution is 2.25. The van der Waals surface area contributed by atoms with Crippen LogP contribution in [0.2, 0.25) is 5.02 Å². The van der Waals surface area contributed by atoms with Crippen molar-refractivity contribution >= 4 is 28.8 Å². The van der Waals surface area contributed by atoms with E-state index in [1.807, 2.05) is 53.6 Å². The lowest BCUT2D eigenvalue weighted by atomic mass is 10.2. The molecule has 4 nitrogen and oxygen atoms in total. The SMILES string of the molecule is CCn1nc(C)c(Cl)c1Cn1cc(C=O)c2ccccc21. The molecule has 108 valence electrons. The first-order valence-corrected chi connectivity index (χ1v) is 7.28. The van der Waals surface area contributed by atoms with Gasteiger partial charge in [-0.3, -0.25) is 9.48 Å². The lowest BCUT2D eigenvalue weighted by Crippen LogP contribution is -2.07. The van der Waals surface area contributed by atoms with E-state index in [2.05, 4.69) is 5.10 Å². The Balaban J connectivity index is 2.13. The van der Waals surface area contributed by atoms with E-state index in [9.17, 15) is 4.79 Å². The van der Waals surface area contributed by atoms with Gasteiger partial charge in [0, 0.05) is 29.2 Å². The van der Waals surface area contributed by atoms with E-state index in [4.69, 9.17) is 11.6 Å². The van der Waals surface area contributed by atoms with Crippen molar-refractivity contribution in [1.29, 1.82) is 0 Å². The summed E-state index contributed by atoms with van der Waals surface area (Å²) in [6, 6.07) is 7.87. The smallest absolute Gasteiger partial charge is 0.152 e. The Kier molecular flexibility index (Phi) is 3.55. The van der Waals surface area contributed by atoms with Crippen molar-refractivity contribution in [1.82, 2.24) is 14.3 Å². The summed E-state index contributed by atoms with van der Waals surface area (Å²) >= 11 is 6.37. The van der Waals surface area contributed by atoms with Crippen molar-refractivity contribution in [2.24, 2.45) is 0 Å². The Morgan fingerprint density at radius 2 is 2.10 bits per heavy atom. The van der Waals surface area contributed by atoms with E-state index >= 15 is 0 Å². The van der Waals surface area contributed by atoms with Gasteiger partial charge >= 0.3 is 0 Å². The van der Waals surface area contributed by atoms with Crippen molar-refractivity contribution in [3.05, 3.63) is 52.4 Å². The third kappa shape index (κ3) is 2.25. The van der Waals surface area contributed by atoms with Crippen LogP contribution in [0.5, 0.6) is 0 Å². The minimum absolute atomic E-state index is 0.599. The number of carbonyl (C=O) groups excluding carboxylic acids is 1. The van der Waals surface area contributed by atoms with E-state index < -0.39 is 0 Å². The largest absolute Gasteiger partial charge is 0.341 e. The number of fused-ring (bicyclic) bond motifs is 1. The Bertz CT molecular complexity index is 816. The van der Waals surface area contributed by atoms with E-state index in [0.717, 1.165) is 35.1 Å². The number of aromatic nitrogens is 3. The van der Waals surface area contributed by atoms with Crippen molar-refractivity contribution < 1.29 is 4.79 Å². The van der Waals surface area contributed by atoms with Gasteiger partial charge in [-0.25, -0.2) is 0 Å². The second-order valence-corrected chi connectivity index (χ2v) is 5.39. The molecule has 0 spiro atoms. The van der Waals surface area contributed by atoms with E-state index in [0.29, 0.717) is 17.1 Å². The minimum Gasteiger partial charge on any atom is -0.341 e. The Morgan fingerprint density at radius 1 is 1.33 bits per heavy atom. The van der Waals surface area contributed by atoms with Crippen LogP contribution in [-0.4, -0.2) is 20.6 Å². The normalized spacial score (nSPS) is 11.2. The van der Waals surface area contributed by atoms with E-state index in [1.54, 1.807) is 0 Å². The highest BCUT2D eigenvalue weighted by atomic mass is 35.5. The molecule has 0 radical (unpaired) electrons. The van der Waals surface area contributed by atoms with Crippen LogP contribution in [0.4, 0.5) is 0 Å². The molecule has 0 saturated carbocycles. The summed E-state index contributed by atoms with van der Waals surface area (Å²) in [6.07, 6.45) is 2.76. The van der Waals surface area contributed by atoms with Crippen LogP contribution in [0, 0.1) is 6.92 Å². The number of rotatable bonds is 4. The number of hydrogen-bond donors (Lipinski definition) is 0. The molecule has 0 unspecified atom stereocenters. The second kappa shape index (κ2) is 5.37. The Morgan fingerprint density at radius 3 is 2.81 bits per heavy atom. The van der Waals surface area contributed by atoms with Gasteiger partial charge in [0.2, 0.25) is 0 Å². The van der Waals surface area contributed by atoms with Gasteiger partial charge in [0.05, 0.1) is 23.0 Å². The number of carbonyl (C=O) groups is 1. The van der Waals surface area contributed by atoms with Crippen molar-refractivity contribution in [2.75, 3.05) is 0 Å². The molecule has 0 atom stereocenters. The molecule has 0 aliphatic carbocycles. The van der Waals surface area contributed by atoms with Crippen LogP contribution in [0.25, 0.3) is 10.9 Å². The van der Waals surface area contributed by atoms with Crippen LogP contribution < -0.4 is 0 Å². The van der Waals surface area contributed by atoms with Crippen LogP contribution in [-0.2, 0) is 13.1 Å². The lowest BCUT2D eigenvalue weighted by Gasteiger charge is -2.08. The first-order valence-electron chi connectivity index (χ1n) is 6.90. The zero-order chi connectivity index (χ0) is 15.0. The summed E-state index contributed by atoms with van der Waals surface area (Å²) in [4.78, 5) is 11.2. The van der Waals surface area contributed by atoms with Crippen molar-refractivity contribution in [3.8, 4) is 0 Å². The van der Waals surface area contributed by atoms with Gasteiger partial charge in [0.1, 0.15) is 0 Å². The van der Waals surface area contributed by atoms with Crippen LogP contribution >= 0.6 is 11.6 Å². The minimum atomic E-state index is 0.599. The lowest BCUT2D eigenvalue weighted by molar-refractivity contribution is 0.112. The molecule has 0 aliphatic rings. The molecule has 21 heavy (non-hydrogen) atoms. The summed E-state index contributed by atoms with van der Waals surface area (Å²) in [6.45, 7) is 5.31. The summed E-state index contributed by atoms with van der Waals surface area (Å²) in [7, 11) is 0. The molecule has 1 aromatic carbocycles. The maximum atomic E-state index is 11.2. The number of aldehydes is 1. The molecule has 2 heterocycles. The zero-order valence-electron chi connectivity index (χ0n) is 12.0. The molecular weight excluding hydrogens is 286 g/mol. The summed E-state index contributed by atoms with van der Waals surface area (Å²) < 4.78 is 3.96. The first kappa shape index (κ1) is 13.9. The van der Waals surface area contributed by atoms with Gasteiger partial charge in [0.15, 0.2) is 6.29 Å². The quantitative estimate of drug-likeness (QED) is 0.690. The molecule has 3 aromatic rings. The highest BCUT2D eigenvalue weighted by Gasteiger charge is 2.15. The molecule has 0 amide bonds. The number of para-hydroxylation sites is 1. The third-order valence-electron chi connectivity index (χ3n) is 3.72. The zero-order valence-corrected chi connectivity index (χ0v) is 12.8. The fourth-order valence-electron chi connectivity index (χ4n) is 2.68. The number of benzene rings is 1. The number of halogens is 1. The average molecular weight is 302 g/mol. The van der Waals surface area contributed by atoms with E-state index in [-0.39, 0.29) is 0 Å². The maximum Gasteiger partial charge on any atom is 0.152 e. The molecule has 0 saturated heterocycles. The van der Waals surface area contributed by atoms with E-state index in [1.165, 1.54) is 0 Å². The van der Waals surface area contributed by atoms with Gasteiger partial charge in [0.25, 0.3) is 0 Å². The standard InChI is InChI=1S/C16H16ClN3O/c1-3-20-15(16(17)11(2)18-20)9-19-8-12(10-21)13-6-4-5-7-14(13)19/h4-8,10H,3,9H2,1-2H3. The molecule has 0 aliphatic heterocycles. The molecule has 5 heteroatoms. The first-order chi connectivity index (χ1) is 10.2. The molecular formula is C16H16ClN3O. The summed E-state index contributed by atoms with van der Waals surface area (Å²) in [5.74, 6) is 0. The van der Waals surface area contributed by atoms with Crippen LogP contribution in [0.3, 0.4) is 0 Å².